The van der Waals surface area contributed by atoms with Crippen LogP contribution < -0.4 is 10.1 Å². The first-order valence-electron chi connectivity index (χ1n) is 8.02. The Labute approximate surface area is 172 Å². The predicted molar refractivity (Wildman–Crippen MR) is 114 cm³/mol. The quantitative estimate of drug-likeness (QED) is 0.270. The van der Waals surface area contributed by atoms with Gasteiger partial charge in [0.15, 0.2) is 17.5 Å². The molecule has 0 bridgehead atoms. The molecule has 0 aliphatic carbocycles. The van der Waals surface area contributed by atoms with Gasteiger partial charge in [0.2, 0.25) is 5.91 Å². The Hall–Kier alpha value is -1.84. The van der Waals surface area contributed by atoms with Crippen molar-refractivity contribution in [3.8, 4) is 5.75 Å². The summed E-state index contributed by atoms with van der Waals surface area (Å²) in [6.07, 6.45) is 0. The molecule has 1 aromatic rings. The number of guanidine groups is 1. The molecular formula is C18H28FIN4O2. The first kappa shape index (κ1) is 24.2. The number of carbonyl (C=O) groups excluding carboxylic acids is 1. The lowest BCUT2D eigenvalue weighted by atomic mass is 10.3. The summed E-state index contributed by atoms with van der Waals surface area (Å²) in [5, 5.41) is 3.15. The van der Waals surface area contributed by atoms with Gasteiger partial charge in [-0.05, 0) is 19.1 Å². The van der Waals surface area contributed by atoms with E-state index in [0.29, 0.717) is 19.0 Å². The van der Waals surface area contributed by atoms with E-state index in [1.807, 2.05) is 18.9 Å². The molecule has 146 valence electrons. The van der Waals surface area contributed by atoms with Gasteiger partial charge in [-0.1, -0.05) is 24.3 Å². The van der Waals surface area contributed by atoms with E-state index in [1.165, 1.54) is 11.0 Å². The maximum Gasteiger partial charge on any atom is 0.243 e. The van der Waals surface area contributed by atoms with Crippen LogP contribution in [0.15, 0.2) is 41.4 Å². The van der Waals surface area contributed by atoms with Crippen LogP contribution >= 0.6 is 24.0 Å². The average Bonchev–Trinajstić information content (AvgIpc) is 2.55. The zero-order valence-electron chi connectivity index (χ0n) is 15.8. The summed E-state index contributed by atoms with van der Waals surface area (Å²) in [4.78, 5) is 19.4. The number of nitrogens with zero attached hydrogens (tertiary/aromatic N) is 3. The van der Waals surface area contributed by atoms with Crippen molar-refractivity contribution in [2.75, 3.05) is 47.4 Å². The molecule has 0 atom stereocenters. The molecular weight excluding hydrogens is 450 g/mol. The SMILES string of the molecule is C=C(C)CNC(=NCC(=O)N(C)C)N(C)CCOc1ccccc1F.I. The summed E-state index contributed by atoms with van der Waals surface area (Å²) in [6, 6.07) is 6.27. The molecule has 0 unspecified atom stereocenters. The van der Waals surface area contributed by atoms with Gasteiger partial charge in [0, 0.05) is 27.7 Å². The lowest BCUT2D eigenvalue weighted by Gasteiger charge is -2.23. The number of rotatable bonds is 8. The van der Waals surface area contributed by atoms with E-state index in [9.17, 15) is 9.18 Å². The first-order valence-corrected chi connectivity index (χ1v) is 8.02. The molecule has 0 aromatic heterocycles. The third kappa shape index (κ3) is 9.02. The Kier molecular flexibility index (Phi) is 11.6. The highest BCUT2D eigenvalue weighted by Gasteiger charge is 2.10. The van der Waals surface area contributed by atoms with Gasteiger partial charge in [-0.2, -0.15) is 0 Å². The fourth-order valence-corrected chi connectivity index (χ4v) is 1.79. The van der Waals surface area contributed by atoms with Crippen LogP contribution in [0.3, 0.4) is 0 Å². The normalized spacial score (nSPS) is 10.6. The molecule has 0 radical (unpaired) electrons. The minimum Gasteiger partial charge on any atom is -0.489 e. The van der Waals surface area contributed by atoms with Crippen LogP contribution in [-0.2, 0) is 4.79 Å². The number of nitrogens with one attached hydrogen (secondary N) is 1. The summed E-state index contributed by atoms with van der Waals surface area (Å²) in [5.41, 5.74) is 0.947. The van der Waals surface area contributed by atoms with Crippen molar-refractivity contribution in [1.82, 2.24) is 15.1 Å². The number of hydrogen-bond acceptors (Lipinski definition) is 3. The average molecular weight is 478 g/mol. The molecule has 0 aliphatic rings. The van der Waals surface area contributed by atoms with Crippen LogP contribution in [0, 0.1) is 5.82 Å². The molecule has 0 spiro atoms. The fraction of sp³-hybridized carbons (Fsp3) is 0.444. The van der Waals surface area contributed by atoms with E-state index in [0.717, 1.165) is 5.57 Å². The highest BCUT2D eigenvalue weighted by molar-refractivity contribution is 14.0. The minimum absolute atomic E-state index is 0. The van der Waals surface area contributed by atoms with E-state index < -0.39 is 5.82 Å². The molecule has 1 rings (SSSR count). The van der Waals surface area contributed by atoms with E-state index in [-0.39, 0.29) is 48.8 Å². The van der Waals surface area contributed by atoms with Crippen molar-refractivity contribution in [1.29, 1.82) is 0 Å². The van der Waals surface area contributed by atoms with Gasteiger partial charge < -0.3 is 19.9 Å². The second-order valence-corrected chi connectivity index (χ2v) is 5.94. The molecule has 0 heterocycles. The zero-order chi connectivity index (χ0) is 18.8. The van der Waals surface area contributed by atoms with Crippen molar-refractivity contribution < 1.29 is 13.9 Å². The van der Waals surface area contributed by atoms with Crippen molar-refractivity contribution in [2.45, 2.75) is 6.92 Å². The number of likely N-dealkylation sites (N-methyl/N-ethyl adjacent to an activating group) is 2. The second kappa shape index (κ2) is 12.5. The third-order valence-electron chi connectivity index (χ3n) is 3.29. The summed E-state index contributed by atoms with van der Waals surface area (Å²) < 4.78 is 19.0. The number of amides is 1. The zero-order valence-corrected chi connectivity index (χ0v) is 18.1. The van der Waals surface area contributed by atoms with Crippen molar-refractivity contribution >= 4 is 35.8 Å². The standard InChI is InChI=1S/C18H27FN4O2.HI/c1-14(2)12-20-18(21-13-17(24)22(3)4)23(5)10-11-25-16-9-7-6-8-15(16)19;/h6-9H,1,10-13H2,2-5H3,(H,20,21);1H. The number of para-hydroxylation sites is 1. The van der Waals surface area contributed by atoms with Gasteiger partial charge in [-0.15, -0.1) is 24.0 Å². The smallest absolute Gasteiger partial charge is 0.243 e. The van der Waals surface area contributed by atoms with Crippen LogP contribution in [0.5, 0.6) is 5.75 Å². The first-order chi connectivity index (χ1) is 11.8. The van der Waals surface area contributed by atoms with Crippen molar-refractivity contribution in [3.05, 3.63) is 42.2 Å². The molecule has 0 fully saturated rings. The number of carbonyl (C=O) groups is 1. The Morgan fingerprint density at radius 3 is 2.54 bits per heavy atom. The molecule has 1 amide bonds. The molecule has 0 saturated heterocycles. The van der Waals surface area contributed by atoms with E-state index in [4.69, 9.17) is 4.74 Å². The number of benzene rings is 1. The largest absolute Gasteiger partial charge is 0.489 e. The van der Waals surface area contributed by atoms with Gasteiger partial charge in [0.25, 0.3) is 0 Å². The number of halogens is 2. The van der Waals surface area contributed by atoms with E-state index in [1.54, 1.807) is 32.3 Å². The fourth-order valence-electron chi connectivity index (χ4n) is 1.79. The summed E-state index contributed by atoms with van der Waals surface area (Å²) in [5.74, 6) is 0.295. The number of ether oxygens (including phenoxy) is 1. The lowest BCUT2D eigenvalue weighted by molar-refractivity contribution is -0.127. The monoisotopic (exact) mass is 478 g/mol. The Balaban J connectivity index is 0.00000625. The van der Waals surface area contributed by atoms with Gasteiger partial charge in [-0.3, -0.25) is 4.79 Å². The van der Waals surface area contributed by atoms with Crippen molar-refractivity contribution in [3.63, 3.8) is 0 Å². The van der Waals surface area contributed by atoms with Crippen LogP contribution in [0.2, 0.25) is 0 Å². The molecule has 26 heavy (non-hydrogen) atoms. The Morgan fingerprint density at radius 2 is 1.96 bits per heavy atom. The summed E-state index contributed by atoms with van der Waals surface area (Å²) in [6.45, 7) is 7.10. The molecule has 8 heteroatoms. The number of aliphatic imine (C=N–C) groups is 1. The highest BCUT2D eigenvalue weighted by atomic mass is 127. The van der Waals surface area contributed by atoms with Crippen LogP contribution in [0.1, 0.15) is 6.92 Å². The topological polar surface area (TPSA) is 57.2 Å². The molecule has 1 aromatic carbocycles. The molecule has 0 aliphatic heterocycles. The minimum atomic E-state index is -0.393. The molecule has 0 saturated carbocycles. The Bertz CT molecular complexity index is 623. The van der Waals surface area contributed by atoms with Crippen LogP contribution in [0.25, 0.3) is 0 Å². The van der Waals surface area contributed by atoms with E-state index >= 15 is 0 Å². The number of hydrogen-bond donors (Lipinski definition) is 1. The van der Waals surface area contributed by atoms with Gasteiger partial charge in [0.1, 0.15) is 13.2 Å². The summed E-state index contributed by atoms with van der Waals surface area (Å²) >= 11 is 0. The third-order valence-corrected chi connectivity index (χ3v) is 3.29. The van der Waals surface area contributed by atoms with Crippen molar-refractivity contribution in [2.24, 2.45) is 4.99 Å². The molecule has 6 nitrogen and oxygen atoms in total. The van der Waals surface area contributed by atoms with Gasteiger partial charge in [-0.25, -0.2) is 9.38 Å². The molecule has 1 N–H and O–H groups in total. The maximum absolute atomic E-state index is 13.5. The van der Waals surface area contributed by atoms with E-state index in [2.05, 4.69) is 16.9 Å². The second-order valence-electron chi connectivity index (χ2n) is 5.94. The summed E-state index contributed by atoms with van der Waals surface area (Å²) in [7, 11) is 5.20. The van der Waals surface area contributed by atoms with Gasteiger partial charge >= 0.3 is 0 Å². The van der Waals surface area contributed by atoms with Crippen LogP contribution in [-0.4, -0.2) is 69.1 Å². The maximum atomic E-state index is 13.5. The van der Waals surface area contributed by atoms with Crippen LogP contribution in [0.4, 0.5) is 4.39 Å². The predicted octanol–water partition coefficient (Wildman–Crippen LogP) is 2.36. The highest BCUT2D eigenvalue weighted by Crippen LogP contribution is 2.14. The van der Waals surface area contributed by atoms with Gasteiger partial charge in [0.05, 0.1) is 6.54 Å². The Morgan fingerprint density at radius 1 is 1.31 bits per heavy atom. The lowest BCUT2D eigenvalue weighted by Crippen LogP contribution is -2.42.